The van der Waals surface area contributed by atoms with Gasteiger partial charge in [0.05, 0.1) is 35.5 Å². The second-order valence-corrected chi connectivity index (χ2v) is 7.77. The molecule has 0 spiro atoms. The van der Waals surface area contributed by atoms with Crippen molar-refractivity contribution in [2.45, 2.75) is 6.18 Å². The lowest BCUT2D eigenvalue weighted by Gasteiger charge is -2.24. The predicted octanol–water partition coefficient (Wildman–Crippen LogP) is 6.17. The minimum atomic E-state index is -5.00. The van der Waals surface area contributed by atoms with Crippen LogP contribution in [0.2, 0.25) is 0 Å². The van der Waals surface area contributed by atoms with Crippen molar-refractivity contribution in [3.05, 3.63) is 87.5 Å². The summed E-state index contributed by atoms with van der Waals surface area (Å²) in [5.74, 6) is -8.07. The Bertz CT molecular complexity index is 1300. The Balaban J connectivity index is 2.08. The molecule has 1 aliphatic heterocycles. The summed E-state index contributed by atoms with van der Waals surface area (Å²) in [6.07, 6.45) is 0.242. The number of rotatable bonds is 5. The van der Waals surface area contributed by atoms with Crippen LogP contribution in [0.15, 0.2) is 64.4 Å². The number of allylic oxidation sites excluding steroid dienone is 2. The van der Waals surface area contributed by atoms with E-state index in [0.717, 1.165) is 25.2 Å². The molecule has 190 valence electrons. The van der Waals surface area contributed by atoms with E-state index in [1.807, 2.05) is 0 Å². The van der Waals surface area contributed by atoms with Gasteiger partial charge in [-0.2, -0.15) is 13.2 Å². The van der Waals surface area contributed by atoms with Crippen molar-refractivity contribution < 1.29 is 50.1 Å². The highest BCUT2D eigenvalue weighted by atomic mass is 79.9. The molecular formula is C23H14BrF6NO5. The molecular weight excluding hydrogens is 564 g/mol. The zero-order chi connectivity index (χ0) is 26.8. The lowest BCUT2D eigenvalue weighted by Crippen LogP contribution is -2.27. The lowest BCUT2D eigenvalue weighted by molar-refractivity contribution is -0.139. The number of esters is 2. The van der Waals surface area contributed by atoms with Gasteiger partial charge in [-0.1, -0.05) is 6.08 Å². The summed E-state index contributed by atoms with van der Waals surface area (Å²) in [4.78, 5) is 25.7. The third kappa shape index (κ3) is 5.40. The van der Waals surface area contributed by atoms with Gasteiger partial charge in [-0.3, -0.25) is 0 Å². The van der Waals surface area contributed by atoms with Crippen LogP contribution in [0.3, 0.4) is 0 Å². The molecule has 0 amide bonds. The van der Waals surface area contributed by atoms with E-state index in [4.69, 9.17) is 9.47 Å². The molecule has 0 saturated carbocycles. The van der Waals surface area contributed by atoms with Crippen LogP contribution in [0.1, 0.15) is 5.56 Å². The Kier molecular flexibility index (Phi) is 7.82. The van der Waals surface area contributed by atoms with E-state index in [1.165, 1.54) is 24.4 Å². The fourth-order valence-corrected chi connectivity index (χ4v) is 3.48. The molecule has 13 heteroatoms. The summed E-state index contributed by atoms with van der Waals surface area (Å²) in [5.41, 5.74) is -2.58. The maximum absolute atomic E-state index is 15.2. The summed E-state index contributed by atoms with van der Waals surface area (Å²) in [7, 11) is 2.11. The molecule has 1 aliphatic rings. The zero-order valence-electron chi connectivity index (χ0n) is 18.3. The highest BCUT2D eigenvalue weighted by molar-refractivity contribution is 9.10. The van der Waals surface area contributed by atoms with Crippen LogP contribution in [-0.2, 0) is 25.2 Å². The molecule has 0 fully saturated rings. The van der Waals surface area contributed by atoms with Crippen LogP contribution in [0.4, 0.5) is 32.0 Å². The van der Waals surface area contributed by atoms with E-state index in [0.29, 0.717) is 6.07 Å². The molecule has 0 radical (unpaired) electrons. The molecule has 0 aliphatic carbocycles. The third-order valence-corrected chi connectivity index (χ3v) is 5.31. The number of benzene rings is 2. The number of ether oxygens (including phenoxy) is 3. The van der Waals surface area contributed by atoms with Crippen molar-refractivity contribution in [1.29, 1.82) is 0 Å². The quantitative estimate of drug-likeness (QED) is 0.313. The van der Waals surface area contributed by atoms with Crippen LogP contribution >= 0.6 is 15.9 Å². The molecule has 1 heterocycles. The molecule has 36 heavy (non-hydrogen) atoms. The van der Waals surface area contributed by atoms with Crippen molar-refractivity contribution in [3.8, 4) is 11.5 Å². The molecule has 3 rings (SSSR count). The lowest BCUT2D eigenvalue weighted by atomic mass is 10.1. The highest BCUT2D eigenvalue weighted by Crippen LogP contribution is 2.40. The van der Waals surface area contributed by atoms with Crippen molar-refractivity contribution in [2.75, 3.05) is 19.1 Å². The summed E-state index contributed by atoms with van der Waals surface area (Å²) in [6.45, 7) is 0. The summed E-state index contributed by atoms with van der Waals surface area (Å²) in [6, 6.07) is 1.80. The van der Waals surface area contributed by atoms with Gasteiger partial charge in [0, 0.05) is 12.3 Å². The normalized spacial score (nSPS) is 13.5. The molecule has 2 aromatic carbocycles. The van der Waals surface area contributed by atoms with Gasteiger partial charge in [-0.25, -0.2) is 22.8 Å². The average Bonchev–Trinajstić information content (AvgIpc) is 3.04. The molecule has 0 saturated heterocycles. The zero-order valence-corrected chi connectivity index (χ0v) is 19.8. The average molecular weight is 578 g/mol. The van der Waals surface area contributed by atoms with Crippen LogP contribution in [0.5, 0.6) is 11.5 Å². The number of anilines is 1. The number of alkyl halides is 3. The largest absolute Gasteiger partial charge is 0.465 e. The fraction of sp³-hybridized carbons (Fsp3) is 0.130. The van der Waals surface area contributed by atoms with E-state index >= 15 is 4.39 Å². The smallest absolute Gasteiger partial charge is 0.416 e. The third-order valence-electron chi connectivity index (χ3n) is 4.69. The number of nitrogens with zero attached hydrogens (tertiary/aromatic N) is 1. The Labute approximate surface area is 208 Å². The fourth-order valence-electron chi connectivity index (χ4n) is 3.06. The second-order valence-electron chi connectivity index (χ2n) is 6.92. The molecule has 0 N–H and O–H groups in total. The topological polar surface area (TPSA) is 65.1 Å². The van der Waals surface area contributed by atoms with Crippen molar-refractivity contribution >= 4 is 33.6 Å². The molecule has 0 bridgehead atoms. The Morgan fingerprint density at radius 3 is 2.06 bits per heavy atom. The number of carbonyl (C=O) groups is 2. The summed E-state index contributed by atoms with van der Waals surface area (Å²) < 4.78 is 96.3. The highest BCUT2D eigenvalue weighted by Gasteiger charge is 2.34. The molecule has 0 unspecified atom stereocenters. The van der Waals surface area contributed by atoms with E-state index in [9.17, 15) is 31.5 Å². The van der Waals surface area contributed by atoms with Gasteiger partial charge < -0.3 is 19.1 Å². The van der Waals surface area contributed by atoms with Crippen LogP contribution < -0.4 is 9.64 Å². The van der Waals surface area contributed by atoms with E-state index in [2.05, 4.69) is 20.7 Å². The van der Waals surface area contributed by atoms with Crippen molar-refractivity contribution in [1.82, 2.24) is 0 Å². The van der Waals surface area contributed by atoms with Gasteiger partial charge in [-0.05, 0) is 46.3 Å². The first-order valence-corrected chi connectivity index (χ1v) is 10.5. The molecule has 0 aromatic heterocycles. The van der Waals surface area contributed by atoms with Gasteiger partial charge in [0.15, 0.2) is 23.2 Å². The minimum absolute atomic E-state index is 0.0356. The van der Waals surface area contributed by atoms with Crippen molar-refractivity contribution in [3.63, 3.8) is 0 Å². The first-order chi connectivity index (χ1) is 16.9. The number of methoxy groups -OCH3 is 2. The Hall–Kier alpha value is -3.74. The summed E-state index contributed by atoms with van der Waals surface area (Å²) in [5, 5.41) is 0. The summed E-state index contributed by atoms with van der Waals surface area (Å²) >= 11 is 3.05. The van der Waals surface area contributed by atoms with Crippen molar-refractivity contribution in [2.24, 2.45) is 0 Å². The number of halogens is 7. The van der Waals surface area contributed by atoms with Gasteiger partial charge in [0.25, 0.3) is 0 Å². The van der Waals surface area contributed by atoms with E-state index in [1.54, 1.807) is 0 Å². The first-order valence-electron chi connectivity index (χ1n) is 9.67. The van der Waals surface area contributed by atoms with E-state index < -0.39 is 58.3 Å². The SMILES string of the molecule is COC(=O)C1=C(C(=O)OC)N(c2cc(Br)c(Oc3c(F)cc(C(F)(F)F)cc3F)cc2F)C=CC=C1. The predicted molar refractivity (Wildman–Crippen MR) is 117 cm³/mol. The first kappa shape index (κ1) is 26.9. The van der Waals surface area contributed by atoms with Gasteiger partial charge in [0.2, 0.25) is 0 Å². The Morgan fingerprint density at radius 2 is 1.50 bits per heavy atom. The monoisotopic (exact) mass is 577 g/mol. The molecule has 0 atom stereocenters. The van der Waals surface area contributed by atoms with Gasteiger partial charge in [0.1, 0.15) is 11.4 Å². The van der Waals surface area contributed by atoms with Crippen LogP contribution in [0.25, 0.3) is 0 Å². The Morgan fingerprint density at radius 1 is 0.889 bits per heavy atom. The molecule has 2 aromatic rings. The number of carbonyl (C=O) groups excluding carboxylic acids is 2. The maximum Gasteiger partial charge on any atom is 0.416 e. The molecule has 6 nitrogen and oxygen atoms in total. The second kappa shape index (κ2) is 10.5. The van der Waals surface area contributed by atoms with Gasteiger partial charge >= 0.3 is 18.1 Å². The number of hydrogen-bond acceptors (Lipinski definition) is 6. The van der Waals surface area contributed by atoms with Gasteiger partial charge in [-0.15, -0.1) is 0 Å². The minimum Gasteiger partial charge on any atom is -0.465 e. The number of hydrogen-bond donors (Lipinski definition) is 0. The standard InChI is InChI=1S/C23H14BrF6NO5/c1-34-21(32)12-5-3-4-6-31(19(12)22(33)35-2)17-9-13(24)18(10-14(17)25)36-20-15(26)7-11(8-16(20)27)23(28,29)30/h3-10H,1-2H3. The van der Waals surface area contributed by atoms with E-state index in [-0.39, 0.29) is 27.9 Å². The van der Waals surface area contributed by atoms with Crippen LogP contribution in [-0.4, -0.2) is 26.2 Å². The maximum atomic E-state index is 15.2. The van der Waals surface area contributed by atoms with Crippen LogP contribution in [0, 0.1) is 17.5 Å².